The van der Waals surface area contributed by atoms with Crippen molar-refractivity contribution in [2.24, 2.45) is 0 Å². The molecule has 1 fully saturated rings. The zero-order valence-corrected chi connectivity index (χ0v) is 13.3. The molecular weight excluding hydrogens is 264 g/mol. The van der Waals surface area contributed by atoms with Crippen molar-refractivity contribution in [3.8, 4) is 0 Å². The van der Waals surface area contributed by atoms with Crippen LogP contribution in [-0.2, 0) is 0 Å². The van der Waals surface area contributed by atoms with Gasteiger partial charge in [0.05, 0.1) is 0 Å². The largest absolute Gasteiger partial charge is 0.367 e. The summed E-state index contributed by atoms with van der Waals surface area (Å²) in [6.07, 6.45) is 5.24. The Hall–Kier alpha value is -1.62. The van der Waals surface area contributed by atoms with E-state index in [1.54, 1.807) is 25.2 Å². The zero-order valence-electron chi connectivity index (χ0n) is 13.3. The third-order valence-corrected chi connectivity index (χ3v) is 3.88. The van der Waals surface area contributed by atoms with Gasteiger partial charge in [-0.15, -0.1) is 0 Å². The van der Waals surface area contributed by atoms with E-state index in [-0.39, 0.29) is 5.91 Å². The quantitative estimate of drug-likeness (QED) is 0.897. The smallest absolute Gasteiger partial charge is 0.272 e. The maximum absolute atomic E-state index is 12.1. The normalized spacial score (nSPS) is 18.3. The van der Waals surface area contributed by atoms with Crippen molar-refractivity contribution in [3.05, 3.63) is 24.0 Å². The second kappa shape index (κ2) is 7.41. The first kappa shape index (κ1) is 15.8. The molecule has 2 rings (SSSR count). The van der Waals surface area contributed by atoms with Gasteiger partial charge in [-0.25, -0.2) is 0 Å². The van der Waals surface area contributed by atoms with Crippen LogP contribution in [0, 0.1) is 0 Å². The van der Waals surface area contributed by atoms with Gasteiger partial charge < -0.3 is 15.1 Å². The topological polar surface area (TPSA) is 48.5 Å². The predicted octanol–water partition coefficient (Wildman–Crippen LogP) is 1.75. The number of hydrogen-bond donors (Lipinski definition) is 1. The van der Waals surface area contributed by atoms with Gasteiger partial charge in [0, 0.05) is 45.1 Å². The lowest BCUT2D eigenvalue weighted by Crippen LogP contribution is -2.46. The molecule has 0 saturated carbocycles. The Kier molecular flexibility index (Phi) is 5.56. The molecule has 1 amide bonds. The van der Waals surface area contributed by atoms with Crippen molar-refractivity contribution in [3.63, 3.8) is 0 Å². The summed E-state index contributed by atoms with van der Waals surface area (Å²) in [5.74, 6) is -0.0462. The summed E-state index contributed by atoms with van der Waals surface area (Å²) >= 11 is 0. The third-order valence-electron chi connectivity index (χ3n) is 3.88. The van der Waals surface area contributed by atoms with Crippen LogP contribution >= 0.6 is 0 Å². The van der Waals surface area contributed by atoms with Gasteiger partial charge in [0.1, 0.15) is 5.69 Å². The van der Waals surface area contributed by atoms with Gasteiger partial charge >= 0.3 is 0 Å². The number of hydrogen-bond acceptors (Lipinski definition) is 4. The van der Waals surface area contributed by atoms with E-state index in [1.165, 1.54) is 12.8 Å². The molecule has 0 radical (unpaired) electrons. The second-order valence-corrected chi connectivity index (χ2v) is 5.79. The Morgan fingerprint density at radius 3 is 2.90 bits per heavy atom. The highest BCUT2D eigenvalue weighted by atomic mass is 16.2. The summed E-state index contributed by atoms with van der Waals surface area (Å²) in [4.78, 5) is 20.3. The minimum absolute atomic E-state index is 0.0462. The van der Waals surface area contributed by atoms with E-state index < -0.39 is 0 Å². The third kappa shape index (κ3) is 3.94. The van der Waals surface area contributed by atoms with E-state index in [9.17, 15) is 4.79 Å². The number of rotatable bonds is 5. The minimum atomic E-state index is -0.0462. The number of piperidine rings is 1. The average Bonchev–Trinajstić information content (AvgIpc) is 2.52. The van der Waals surface area contributed by atoms with Crippen LogP contribution in [0.1, 0.15) is 36.7 Å². The second-order valence-electron chi connectivity index (χ2n) is 5.79. The Morgan fingerprint density at radius 1 is 1.48 bits per heavy atom. The molecule has 1 aliphatic rings. The maximum Gasteiger partial charge on any atom is 0.272 e. The highest BCUT2D eigenvalue weighted by molar-refractivity contribution is 5.92. The fraction of sp³-hybridized carbons (Fsp3) is 0.625. The maximum atomic E-state index is 12.1. The summed E-state index contributed by atoms with van der Waals surface area (Å²) in [5.41, 5.74) is 1.62. The van der Waals surface area contributed by atoms with E-state index in [4.69, 9.17) is 0 Å². The molecule has 1 saturated heterocycles. The molecule has 5 heteroatoms. The van der Waals surface area contributed by atoms with Crippen LogP contribution in [0.15, 0.2) is 18.3 Å². The predicted molar refractivity (Wildman–Crippen MR) is 85.8 cm³/mol. The van der Waals surface area contributed by atoms with Gasteiger partial charge in [-0.1, -0.05) is 6.92 Å². The van der Waals surface area contributed by atoms with E-state index in [0.29, 0.717) is 11.7 Å². The molecule has 1 unspecified atom stereocenters. The van der Waals surface area contributed by atoms with Gasteiger partial charge in [-0.2, -0.15) is 0 Å². The number of nitrogens with zero attached hydrogens (tertiary/aromatic N) is 3. The van der Waals surface area contributed by atoms with Gasteiger partial charge in [-0.05, 0) is 37.9 Å². The average molecular weight is 290 g/mol. The molecule has 1 aliphatic heterocycles. The molecule has 2 heterocycles. The standard InChI is InChI=1S/C16H26N4O/c1-4-10-20(14-6-5-8-17-12-14)13-7-9-18-15(11-13)16(21)19(2)3/h7,9,11,14,17H,4-6,8,10,12H2,1-3H3. The fourth-order valence-electron chi connectivity index (χ4n) is 2.81. The summed E-state index contributed by atoms with van der Waals surface area (Å²) in [5, 5.41) is 3.47. The lowest BCUT2D eigenvalue weighted by atomic mass is 10.0. The number of carbonyl (C=O) groups excluding carboxylic acids is 1. The SMILES string of the molecule is CCCN(c1ccnc(C(=O)N(C)C)c1)C1CCCNC1. The Labute approximate surface area is 127 Å². The van der Waals surface area contributed by atoms with E-state index >= 15 is 0 Å². The summed E-state index contributed by atoms with van der Waals surface area (Å²) in [7, 11) is 3.51. The molecule has 1 N–H and O–H groups in total. The van der Waals surface area contributed by atoms with Gasteiger partial charge in [0.2, 0.25) is 0 Å². The van der Waals surface area contributed by atoms with Crippen LogP contribution in [-0.4, -0.2) is 55.6 Å². The fourth-order valence-corrected chi connectivity index (χ4v) is 2.81. The summed E-state index contributed by atoms with van der Waals surface area (Å²) < 4.78 is 0. The molecule has 0 aromatic carbocycles. The van der Waals surface area contributed by atoms with Crippen molar-refractivity contribution in [2.45, 2.75) is 32.2 Å². The first-order chi connectivity index (χ1) is 10.1. The van der Waals surface area contributed by atoms with Crippen molar-refractivity contribution in [2.75, 3.05) is 38.6 Å². The molecule has 0 spiro atoms. The Bertz CT molecular complexity index is 469. The van der Waals surface area contributed by atoms with Gasteiger partial charge in [0.25, 0.3) is 5.91 Å². The summed E-state index contributed by atoms with van der Waals surface area (Å²) in [6, 6.07) is 4.44. The van der Waals surface area contributed by atoms with Crippen molar-refractivity contribution in [1.82, 2.24) is 15.2 Å². The highest BCUT2D eigenvalue weighted by Crippen LogP contribution is 2.22. The first-order valence-electron chi connectivity index (χ1n) is 7.78. The van der Waals surface area contributed by atoms with Crippen LogP contribution in [0.5, 0.6) is 0 Å². The van der Waals surface area contributed by atoms with Crippen LogP contribution in [0.3, 0.4) is 0 Å². The highest BCUT2D eigenvalue weighted by Gasteiger charge is 2.21. The molecule has 0 bridgehead atoms. The lowest BCUT2D eigenvalue weighted by molar-refractivity contribution is 0.0822. The lowest BCUT2D eigenvalue weighted by Gasteiger charge is -2.36. The number of nitrogens with one attached hydrogen (secondary N) is 1. The Balaban J connectivity index is 2.23. The van der Waals surface area contributed by atoms with Gasteiger partial charge in [0.15, 0.2) is 0 Å². The first-order valence-corrected chi connectivity index (χ1v) is 7.78. The van der Waals surface area contributed by atoms with E-state index in [0.717, 1.165) is 31.7 Å². The molecule has 1 aromatic heterocycles. The monoisotopic (exact) mass is 290 g/mol. The van der Waals surface area contributed by atoms with E-state index in [2.05, 4.69) is 22.1 Å². The van der Waals surface area contributed by atoms with Crippen LogP contribution in [0.25, 0.3) is 0 Å². The molecule has 1 atom stereocenters. The molecular formula is C16H26N4O. The summed E-state index contributed by atoms with van der Waals surface area (Å²) in [6.45, 7) is 5.32. The molecule has 1 aromatic rings. The van der Waals surface area contributed by atoms with Crippen LogP contribution < -0.4 is 10.2 Å². The van der Waals surface area contributed by atoms with Crippen molar-refractivity contribution in [1.29, 1.82) is 0 Å². The van der Waals surface area contributed by atoms with Crippen molar-refractivity contribution >= 4 is 11.6 Å². The van der Waals surface area contributed by atoms with Crippen molar-refractivity contribution < 1.29 is 4.79 Å². The number of anilines is 1. The molecule has 5 nitrogen and oxygen atoms in total. The minimum Gasteiger partial charge on any atom is -0.367 e. The van der Waals surface area contributed by atoms with Crippen LogP contribution in [0.2, 0.25) is 0 Å². The number of pyridine rings is 1. The number of aromatic nitrogens is 1. The van der Waals surface area contributed by atoms with E-state index in [1.807, 2.05) is 12.1 Å². The van der Waals surface area contributed by atoms with Gasteiger partial charge in [-0.3, -0.25) is 9.78 Å². The molecule has 0 aliphatic carbocycles. The number of amides is 1. The number of carbonyl (C=O) groups is 1. The molecule has 21 heavy (non-hydrogen) atoms. The molecule has 116 valence electrons. The van der Waals surface area contributed by atoms with Crippen LogP contribution in [0.4, 0.5) is 5.69 Å². The zero-order chi connectivity index (χ0) is 15.2. The Morgan fingerprint density at radius 2 is 2.29 bits per heavy atom.